The molecule has 0 spiro atoms. The molecular formula is C17H17NO2. The van der Waals surface area contributed by atoms with Gasteiger partial charge in [-0.15, -0.1) is 0 Å². The fourth-order valence-corrected chi connectivity index (χ4v) is 2.26. The molecule has 0 saturated carbocycles. The lowest BCUT2D eigenvalue weighted by Crippen LogP contribution is -2.11. The Morgan fingerprint density at radius 1 is 1.00 bits per heavy atom. The van der Waals surface area contributed by atoms with Crippen LogP contribution in [0.25, 0.3) is 11.0 Å². The van der Waals surface area contributed by atoms with Gasteiger partial charge in [0.05, 0.1) is 13.7 Å². The Labute approximate surface area is 118 Å². The molecule has 0 bridgehead atoms. The summed E-state index contributed by atoms with van der Waals surface area (Å²) in [5, 5.41) is 4.45. The van der Waals surface area contributed by atoms with Gasteiger partial charge in [-0.3, -0.25) is 0 Å². The van der Waals surface area contributed by atoms with Crippen LogP contribution in [0.4, 0.5) is 0 Å². The van der Waals surface area contributed by atoms with Crippen LogP contribution in [0.15, 0.2) is 59.0 Å². The summed E-state index contributed by atoms with van der Waals surface area (Å²) in [6.07, 6.45) is 0. The molecule has 2 aromatic carbocycles. The third-order valence-corrected chi connectivity index (χ3v) is 3.25. The minimum atomic E-state index is 0.701. The van der Waals surface area contributed by atoms with Crippen molar-refractivity contribution >= 4 is 11.0 Å². The molecule has 1 N–H and O–H groups in total. The predicted molar refractivity (Wildman–Crippen MR) is 79.8 cm³/mol. The maximum absolute atomic E-state index is 5.84. The standard InChI is InChI=1S/C17H17NO2/c1-19-16-9-5-8-14-10-15(20-17(14)16)12-18-11-13-6-3-2-4-7-13/h2-10,18H,11-12H2,1H3. The summed E-state index contributed by atoms with van der Waals surface area (Å²) in [6.45, 7) is 1.53. The van der Waals surface area contributed by atoms with Gasteiger partial charge in [0, 0.05) is 11.9 Å². The van der Waals surface area contributed by atoms with Crippen molar-refractivity contribution in [1.82, 2.24) is 5.32 Å². The molecule has 0 amide bonds. The second kappa shape index (κ2) is 5.80. The highest BCUT2D eigenvalue weighted by Crippen LogP contribution is 2.28. The van der Waals surface area contributed by atoms with E-state index in [1.54, 1.807) is 7.11 Å². The summed E-state index contributed by atoms with van der Waals surface area (Å²) in [4.78, 5) is 0. The first kappa shape index (κ1) is 12.8. The van der Waals surface area contributed by atoms with Gasteiger partial charge in [-0.05, 0) is 17.7 Å². The molecule has 3 heteroatoms. The second-order valence-electron chi connectivity index (χ2n) is 4.68. The molecule has 20 heavy (non-hydrogen) atoms. The topological polar surface area (TPSA) is 34.4 Å². The lowest BCUT2D eigenvalue weighted by atomic mass is 10.2. The first-order valence-electron chi connectivity index (χ1n) is 6.67. The molecule has 102 valence electrons. The highest BCUT2D eigenvalue weighted by atomic mass is 16.5. The van der Waals surface area contributed by atoms with Crippen molar-refractivity contribution in [2.75, 3.05) is 7.11 Å². The van der Waals surface area contributed by atoms with Crippen molar-refractivity contribution in [2.24, 2.45) is 0 Å². The smallest absolute Gasteiger partial charge is 0.176 e. The Kier molecular flexibility index (Phi) is 3.70. The van der Waals surface area contributed by atoms with Gasteiger partial charge in [0.25, 0.3) is 0 Å². The molecule has 0 fully saturated rings. The van der Waals surface area contributed by atoms with E-state index in [1.165, 1.54) is 5.56 Å². The average molecular weight is 267 g/mol. The Balaban J connectivity index is 1.69. The quantitative estimate of drug-likeness (QED) is 0.765. The largest absolute Gasteiger partial charge is 0.493 e. The fraction of sp³-hybridized carbons (Fsp3) is 0.176. The first-order valence-corrected chi connectivity index (χ1v) is 6.67. The van der Waals surface area contributed by atoms with Crippen LogP contribution < -0.4 is 10.1 Å². The van der Waals surface area contributed by atoms with E-state index in [9.17, 15) is 0 Å². The van der Waals surface area contributed by atoms with E-state index in [-0.39, 0.29) is 0 Å². The van der Waals surface area contributed by atoms with Gasteiger partial charge in [0.15, 0.2) is 11.3 Å². The van der Waals surface area contributed by atoms with Crippen molar-refractivity contribution < 1.29 is 9.15 Å². The van der Waals surface area contributed by atoms with Crippen LogP contribution in [0.5, 0.6) is 5.75 Å². The van der Waals surface area contributed by atoms with Gasteiger partial charge >= 0.3 is 0 Å². The van der Waals surface area contributed by atoms with Gasteiger partial charge in [0.2, 0.25) is 0 Å². The van der Waals surface area contributed by atoms with Crippen LogP contribution in [-0.4, -0.2) is 7.11 Å². The van der Waals surface area contributed by atoms with Gasteiger partial charge < -0.3 is 14.5 Å². The minimum absolute atomic E-state index is 0.701. The number of rotatable bonds is 5. The molecule has 0 aliphatic rings. The zero-order valence-corrected chi connectivity index (χ0v) is 11.4. The number of nitrogens with one attached hydrogen (secondary N) is 1. The van der Waals surface area contributed by atoms with Crippen LogP contribution in [0.1, 0.15) is 11.3 Å². The molecule has 0 atom stereocenters. The van der Waals surface area contributed by atoms with E-state index in [0.29, 0.717) is 6.54 Å². The van der Waals surface area contributed by atoms with Gasteiger partial charge in [0.1, 0.15) is 5.76 Å². The zero-order chi connectivity index (χ0) is 13.8. The fourth-order valence-electron chi connectivity index (χ4n) is 2.26. The molecule has 3 nitrogen and oxygen atoms in total. The Morgan fingerprint density at radius 2 is 1.85 bits per heavy atom. The second-order valence-corrected chi connectivity index (χ2v) is 4.68. The summed E-state index contributed by atoms with van der Waals surface area (Å²) in [5.41, 5.74) is 2.08. The molecule has 0 saturated heterocycles. The van der Waals surface area contributed by atoms with E-state index < -0.39 is 0 Å². The summed E-state index contributed by atoms with van der Waals surface area (Å²) < 4.78 is 11.1. The van der Waals surface area contributed by atoms with Crippen molar-refractivity contribution in [2.45, 2.75) is 13.1 Å². The molecule has 3 rings (SSSR count). The number of para-hydroxylation sites is 1. The van der Waals surface area contributed by atoms with E-state index in [2.05, 4.69) is 23.5 Å². The number of ether oxygens (including phenoxy) is 1. The molecule has 1 heterocycles. The molecule has 1 aromatic heterocycles. The van der Waals surface area contributed by atoms with Crippen LogP contribution in [0.2, 0.25) is 0 Å². The lowest BCUT2D eigenvalue weighted by Gasteiger charge is -2.02. The minimum Gasteiger partial charge on any atom is -0.493 e. The van der Waals surface area contributed by atoms with Crippen molar-refractivity contribution in [3.05, 3.63) is 65.9 Å². The molecular weight excluding hydrogens is 250 g/mol. The summed E-state index contributed by atoms with van der Waals surface area (Å²) >= 11 is 0. The van der Waals surface area contributed by atoms with Gasteiger partial charge in [-0.2, -0.15) is 0 Å². The van der Waals surface area contributed by atoms with Crippen LogP contribution in [-0.2, 0) is 13.1 Å². The number of methoxy groups -OCH3 is 1. The average Bonchev–Trinajstić information content (AvgIpc) is 2.91. The maximum atomic E-state index is 5.84. The Morgan fingerprint density at radius 3 is 2.65 bits per heavy atom. The third kappa shape index (κ3) is 2.68. The number of benzene rings is 2. The van der Waals surface area contributed by atoms with E-state index in [4.69, 9.17) is 9.15 Å². The van der Waals surface area contributed by atoms with Crippen molar-refractivity contribution in [1.29, 1.82) is 0 Å². The molecule has 0 unspecified atom stereocenters. The number of hydrogen-bond donors (Lipinski definition) is 1. The van der Waals surface area contributed by atoms with Crippen LogP contribution >= 0.6 is 0 Å². The zero-order valence-electron chi connectivity index (χ0n) is 11.4. The highest BCUT2D eigenvalue weighted by molar-refractivity contribution is 5.83. The number of furan rings is 1. The van der Waals surface area contributed by atoms with Crippen LogP contribution in [0, 0.1) is 0 Å². The summed E-state index contributed by atoms with van der Waals surface area (Å²) in [7, 11) is 1.66. The van der Waals surface area contributed by atoms with E-state index >= 15 is 0 Å². The Hall–Kier alpha value is -2.26. The molecule has 0 radical (unpaired) electrons. The predicted octanol–water partition coefficient (Wildman–Crippen LogP) is 3.73. The van der Waals surface area contributed by atoms with E-state index in [1.807, 2.05) is 36.4 Å². The molecule has 0 aliphatic heterocycles. The van der Waals surface area contributed by atoms with Crippen molar-refractivity contribution in [3.8, 4) is 5.75 Å². The Bertz CT molecular complexity index is 689. The normalized spacial score (nSPS) is 10.8. The van der Waals surface area contributed by atoms with Gasteiger partial charge in [-0.1, -0.05) is 42.5 Å². The first-order chi connectivity index (χ1) is 9.86. The highest BCUT2D eigenvalue weighted by Gasteiger charge is 2.07. The molecule has 3 aromatic rings. The maximum Gasteiger partial charge on any atom is 0.176 e. The lowest BCUT2D eigenvalue weighted by molar-refractivity contribution is 0.406. The number of hydrogen-bond acceptors (Lipinski definition) is 3. The summed E-state index contributed by atoms with van der Waals surface area (Å²) in [5.74, 6) is 1.69. The van der Waals surface area contributed by atoms with E-state index in [0.717, 1.165) is 29.0 Å². The van der Waals surface area contributed by atoms with Gasteiger partial charge in [-0.25, -0.2) is 0 Å². The third-order valence-electron chi connectivity index (χ3n) is 3.25. The van der Waals surface area contributed by atoms with Crippen molar-refractivity contribution in [3.63, 3.8) is 0 Å². The SMILES string of the molecule is COc1cccc2cc(CNCc3ccccc3)oc12. The monoisotopic (exact) mass is 267 g/mol. The van der Waals surface area contributed by atoms with Crippen LogP contribution in [0.3, 0.4) is 0 Å². The summed E-state index contributed by atoms with van der Waals surface area (Å²) in [6, 6.07) is 18.3. The number of fused-ring (bicyclic) bond motifs is 1. The molecule has 0 aliphatic carbocycles.